The van der Waals surface area contributed by atoms with Crippen LogP contribution in [0.5, 0.6) is 5.75 Å². The molecule has 0 heterocycles. The predicted octanol–water partition coefficient (Wildman–Crippen LogP) is 4.05. The lowest BCUT2D eigenvalue weighted by molar-refractivity contribution is 0.414. The third-order valence-electron chi connectivity index (χ3n) is 3.46. The van der Waals surface area contributed by atoms with Gasteiger partial charge in [-0.1, -0.05) is 41.4 Å². The van der Waals surface area contributed by atoms with E-state index in [4.69, 9.17) is 27.9 Å². The van der Waals surface area contributed by atoms with Crippen LogP contribution >= 0.6 is 23.2 Å². The topological polar surface area (TPSA) is 55.4 Å². The second kappa shape index (κ2) is 8.72. The third-order valence-corrected chi connectivity index (χ3v) is 5.56. The van der Waals surface area contributed by atoms with Crippen molar-refractivity contribution in [3.8, 4) is 5.75 Å². The summed E-state index contributed by atoms with van der Waals surface area (Å²) in [5.74, 6) is 0.688. The molecule has 4 nitrogen and oxygen atoms in total. The maximum atomic E-state index is 12.1. The van der Waals surface area contributed by atoms with Gasteiger partial charge in [0, 0.05) is 6.54 Å². The lowest BCUT2D eigenvalue weighted by Crippen LogP contribution is -2.26. The van der Waals surface area contributed by atoms with Gasteiger partial charge in [-0.15, -0.1) is 0 Å². The molecule has 0 atom stereocenters. The first kappa shape index (κ1) is 19.1. The van der Waals surface area contributed by atoms with Crippen molar-refractivity contribution in [1.29, 1.82) is 0 Å². The summed E-state index contributed by atoms with van der Waals surface area (Å²) in [5, 5.41) is 0.758. The van der Waals surface area contributed by atoms with Crippen LogP contribution in [0.15, 0.2) is 42.5 Å². The fraction of sp³-hybridized carbons (Fsp3) is 0.294. The number of methoxy groups -OCH3 is 1. The van der Waals surface area contributed by atoms with Gasteiger partial charge < -0.3 is 4.74 Å². The molecule has 24 heavy (non-hydrogen) atoms. The highest BCUT2D eigenvalue weighted by atomic mass is 35.5. The van der Waals surface area contributed by atoms with E-state index in [-0.39, 0.29) is 5.75 Å². The number of ether oxygens (including phenoxy) is 1. The highest BCUT2D eigenvalue weighted by Gasteiger charge is 2.12. The zero-order valence-corrected chi connectivity index (χ0v) is 15.6. The molecule has 0 bridgehead atoms. The number of hydrogen-bond acceptors (Lipinski definition) is 3. The molecule has 0 amide bonds. The van der Waals surface area contributed by atoms with Gasteiger partial charge in [0.15, 0.2) is 0 Å². The molecule has 7 heteroatoms. The number of aryl methyl sites for hydroxylation is 1. The zero-order chi connectivity index (χ0) is 17.6. The van der Waals surface area contributed by atoms with Crippen molar-refractivity contribution in [2.75, 3.05) is 13.7 Å². The second-order valence-corrected chi connectivity index (χ2v) is 7.97. The molecular formula is C17H19Cl2NO3S. The molecule has 0 aliphatic carbocycles. The first-order valence-corrected chi connectivity index (χ1v) is 9.84. The van der Waals surface area contributed by atoms with E-state index in [1.807, 2.05) is 24.3 Å². The second-order valence-electron chi connectivity index (χ2n) is 5.35. The van der Waals surface area contributed by atoms with Gasteiger partial charge in [0.05, 0.1) is 22.9 Å². The summed E-state index contributed by atoms with van der Waals surface area (Å²) < 4.78 is 31.9. The average Bonchev–Trinajstić information content (AvgIpc) is 2.55. The molecule has 0 spiro atoms. The smallest absolute Gasteiger partial charge is 0.215 e. The van der Waals surface area contributed by atoms with Crippen molar-refractivity contribution >= 4 is 33.2 Å². The van der Waals surface area contributed by atoms with Crippen molar-refractivity contribution in [3.05, 3.63) is 63.6 Å². The summed E-state index contributed by atoms with van der Waals surface area (Å²) >= 11 is 11.7. The van der Waals surface area contributed by atoms with Crippen molar-refractivity contribution in [1.82, 2.24) is 4.72 Å². The molecule has 0 saturated heterocycles. The van der Waals surface area contributed by atoms with Gasteiger partial charge in [-0.05, 0) is 48.2 Å². The average molecular weight is 388 g/mol. The molecule has 1 N–H and O–H groups in total. The van der Waals surface area contributed by atoms with Crippen molar-refractivity contribution < 1.29 is 13.2 Å². The Morgan fingerprint density at radius 1 is 1.00 bits per heavy atom. The van der Waals surface area contributed by atoms with Crippen molar-refractivity contribution in [2.24, 2.45) is 0 Å². The third kappa shape index (κ3) is 5.98. The lowest BCUT2D eigenvalue weighted by atomic mass is 10.1. The van der Waals surface area contributed by atoms with Crippen LogP contribution in [0.25, 0.3) is 0 Å². The molecule has 2 aromatic rings. The molecule has 0 aliphatic heterocycles. The van der Waals surface area contributed by atoms with Crippen LogP contribution in [-0.2, 0) is 22.2 Å². The van der Waals surface area contributed by atoms with Gasteiger partial charge in [0.1, 0.15) is 5.75 Å². The highest BCUT2D eigenvalue weighted by Crippen LogP contribution is 2.23. The molecule has 0 saturated carbocycles. The molecule has 0 fully saturated rings. The van der Waals surface area contributed by atoms with E-state index in [1.165, 1.54) is 0 Å². The number of sulfonamides is 1. The van der Waals surface area contributed by atoms with Gasteiger partial charge in [0.2, 0.25) is 10.0 Å². The summed E-state index contributed by atoms with van der Waals surface area (Å²) in [6.45, 7) is 0.385. The van der Waals surface area contributed by atoms with Gasteiger partial charge >= 0.3 is 0 Å². The highest BCUT2D eigenvalue weighted by molar-refractivity contribution is 7.88. The molecule has 0 unspecified atom stereocenters. The Labute approximate surface area is 152 Å². The van der Waals surface area contributed by atoms with Crippen LogP contribution in [-0.4, -0.2) is 22.1 Å². The Morgan fingerprint density at radius 3 is 2.29 bits per heavy atom. The van der Waals surface area contributed by atoms with Gasteiger partial charge in [-0.2, -0.15) is 0 Å². The van der Waals surface area contributed by atoms with E-state index >= 15 is 0 Å². The van der Waals surface area contributed by atoms with Gasteiger partial charge in [0.25, 0.3) is 0 Å². The first-order valence-electron chi connectivity index (χ1n) is 7.44. The first-order chi connectivity index (χ1) is 11.4. The number of hydrogen-bond donors (Lipinski definition) is 1. The number of nitrogens with one attached hydrogen (secondary N) is 1. The maximum Gasteiger partial charge on any atom is 0.215 e. The molecule has 2 rings (SSSR count). The summed E-state index contributed by atoms with van der Waals surface area (Å²) in [5.41, 5.74) is 1.74. The summed E-state index contributed by atoms with van der Waals surface area (Å²) in [4.78, 5) is 0. The quantitative estimate of drug-likeness (QED) is 0.694. The van der Waals surface area contributed by atoms with Crippen LogP contribution < -0.4 is 9.46 Å². The fourth-order valence-corrected chi connectivity index (χ4v) is 3.71. The maximum absolute atomic E-state index is 12.1. The van der Waals surface area contributed by atoms with E-state index < -0.39 is 10.0 Å². The largest absolute Gasteiger partial charge is 0.497 e. The molecule has 2 aromatic carbocycles. The molecule has 0 aliphatic rings. The van der Waals surface area contributed by atoms with Gasteiger partial charge in [-0.3, -0.25) is 0 Å². The van der Waals surface area contributed by atoms with E-state index in [1.54, 1.807) is 25.3 Å². The molecular weight excluding hydrogens is 369 g/mol. The fourth-order valence-electron chi connectivity index (χ4n) is 2.21. The normalized spacial score (nSPS) is 11.5. The standard InChI is InChI=1S/C17H19Cl2NO3S/c1-23-15-7-4-13(5-8-15)3-2-10-20-24(21,22)12-14-6-9-16(18)17(19)11-14/h4-9,11,20H,2-3,10,12H2,1H3. The van der Waals surface area contributed by atoms with E-state index in [2.05, 4.69) is 4.72 Å². The molecule has 130 valence electrons. The summed E-state index contributed by atoms with van der Waals surface area (Å²) in [6.07, 6.45) is 1.51. The van der Waals surface area contributed by atoms with Crippen LogP contribution in [0.1, 0.15) is 17.5 Å². The van der Waals surface area contributed by atoms with Crippen LogP contribution in [0, 0.1) is 0 Å². The van der Waals surface area contributed by atoms with Crippen LogP contribution in [0.2, 0.25) is 10.0 Å². The van der Waals surface area contributed by atoms with Crippen LogP contribution in [0.3, 0.4) is 0 Å². The minimum absolute atomic E-state index is 0.119. The number of rotatable bonds is 8. The minimum atomic E-state index is -3.40. The van der Waals surface area contributed by atoms with Crippen molar-refractivity contribution in [2.45, 2.75) is 18.6 Å². The Kier molecular flexibility index (Phi) is 6.92. The predicted molar refractivity (Wildman–Crippen MR) is 98.4 cm³/mol. The van der Waals surface area contributed by atoms with E-state index in [0.717, 1.165) is 17.7 Å². The number of benzene rings is 2. The lowest BCUT2D eigenvalue weighted by Gasteiger charge is -2.08. The number of halogens is 2. The molecule has 0 radical (unpaired) electrons. The summed E-state index contributed by atoms with van der Waals surface area (Å²) in [7, 11) is -1.78. The Bertz CT molecular complexity index is 777. The monoisotopic (exact) mass is 387 g/mol. The van der Waals surface area contributed by atoms with E-state index in [9.17, 15) is 8.42 Å². The van der Waals surface area contributed by atoms with E-state index in [0.29, 0.717) is 28.6 Å². The Balaban J connectivity index is 1.80. The zero-order valence-electron chi connectivity index (χ0n) is 13.3. The Morgan fingerprint density at radius 2 is 1.67 bits per heavy atom. The van der Waals surface area contributed by atoms with Crippen LogP contribution in [0.4, 0.5) is 0 Å². The SMILES string of the molecule is COc1ccc(CCCNS(=O)(=O)Cc2ccc(Cl)c(Cl)c2)cc1. The minimum Gasteiger partial charge on any atom is -0.497 e. The summed E-state index contributed by atoms with van der Waals surface area (Å²) in [6, 6.07) is 12.6. The van der Waals surface area contributed by atoms with Gasteiger partial charge in [-0.25, -0.2) is 13.1 Å². The Hall–Kier alpha value is -1.27. The van der Waals surface area contributed by atoms with Crippen molar-refractivity contribution in [3.63, 3.8) is 0 Å². The molecule has 0 aromatic heterocycles.